The number of aliphatic carboxylic acids is 1. The van der Waals surface area contributed by atoms with Crippen molar-refractivity contribution in [2.24, 2.45) is 46.3 Å². The van der Waals surface area contributed by atoms with Crippen LogP contribution in [0.25, 0.3) is 78.7 Å². The molecule has 434 valence electrons. The Morgan fingerprint density at radius 1 is 0.671 bits per heavy atom. The number of phenolic OH excluding ortho intramolecular Hbond substituents is 3. The first-order chi connectivity index (χ1) is 41.2. The number of nitrogens with one attached hydrogen (secondary N) is 2. The van der Waals surface area contributed by atoms with E-state index in [9.17, 15) is 30.3 Å². The third kappa shape index (κ3) is 9.76. The monoisotopic (exact) mass is 1140 g/mol. The topological polar surface area (TPSA) is 216 Å². The van der Waals surface area contributed by atoms with Crippen LogP contribution >= 0.6 is 0 Å². The van der Waals surface area contributed by atoms with Crippen molar-refractivity contribution < 1.29 is 35.1 Å². The van der Waals surface area contributed by atoms with E-state index in [4.69, 9.17) is 19.9 Å². The van der Waals surface area contributed by atoms with Gasteiger partial charge in [0.1, 0.15) is 35.3 Å². The van der Waals surface area contributed by atoms with E-state index < -0.39 is 5.97 Å². The zero-order chi connectivity index (χ0) is 58.3. The van der Waals surface area contributed by atoms with Crippen molar-refractivity contribution in [2.75, 3.05) is 0 Å². The maximum absolute atomic E-state index is 12.1. The van der Waals surface area contributed by atoms with Gasteiger partial charge in [-0.15, -0.1) is 5.10 Å². The molecule has 4 aromatic heterocycles. The third-order valence-electron chi connectivity index (χ3n) is 21.2. The lowest BCUT2D eigenvalue weighted by Crippen LogP contribution is -2.58. The van der Waals surface area contributed by atoms with Crippen molar-refractivity contribution in [2.45, 2.75) is 117 Å². The summed E-state index contributed by atoms with van der Waals surface area (Å²) in [5, 5.41) is 63.6. The van der Waals surface area contributed by atoms with Gasteiger partial charge in [0, 0.05) is 50.7 Å². The first-order valence-electron chi connectivity index (χ1n) is 30.6. The molecule has 7 N–H and O–H groups in total. The SMILES string of the molecule is C[C@H](CCC(=O)O)[C@H]1CC[C@H]2[C@@H]3CC[C@@H]4C[C@@H](n5cc(COc6cccc(-c7c8nc(c(-c9cccc(O)c9)c9ccc([nH]9)c(-c9cccc(O)c9)c9nc(c(-c%10cccc(O)c%10)c%10ccc7[nH]%10)CC9)C=C8)c6)nn5)CC[C@]4(C)[C@H]3C[C@H](O)[C@]12C. The quantitative estimate of drug-likeness (QED) is 0.0611. The van der Waals surface area contributed by atoms with Crippen LogP contribution in [0.1, 0.15) is 119 Å². The predicted octanol–water partition coefficient (Wildman–Crippen LogP) is 14.9. The van der Waals surface area contributed by atoms with Gasteiger partial charge in [0.15, 0.2) is 0 Å². The Hall–Kier alpha value is -8.49. The van der Waals surface area contributed by atoms with E-state index in [1.165, 1.54) is 12.8 Å². The van der Waals surface area contributed by atoms with Gasteiger partial charge in [-0.05, 0) is 224 Å². The molecule has 2 aliphatic heterocycles. The van der Waals surface area contributed by atoms with E-state index in [1.54, 1.807) is 36.4 Å². The number of fused-ring (bicyclic) bond motifs is 13. The van der Waals surface area contributed by atoms with Gasteiger partial charge < -0.3 is 40.2 Å². The number of hydrogen-bond donors (Lipinski definition) is 7. The molecule has 0 spiro atoms. The fraction of sp³-hybridized carbons (Fsp3) is 0.366. The molecule has 4 fully saturated rings. The fourth-order valence-corrected chi connectivity index (χ4v) is 17.1. The molecule has 85 heavy (non-hydrogen) atoms. The zero-order valence-electron chi connectivity index (χ0n) is 48.4. The average molecular weight is 1140 g/mol. The Morgan fingerprint density at radius 2 is 1.24 bits per heavy atom. The Kier molecular flexibility index (Phi) is 13.8. The summed E-state index contributed by atoms with van der Waals surface area (Å²) < 4.78 is 8.69. The summed E-state index contributed by atoms with van der Waals surface area (Å²) >= 11 is 0. The number of phenols is 3. The van der Waals surface area contributed by atoms with Gasteiger partial charge in [-0.2, -0.15) is 0 Å². The van der Waals surface area contributed by atoms with Crippen molar-refractivity contribution in [1.29, 1.82) is 0 Å². The molecule has 14 nitrogen and oxygen atoms in total. The van der Waals surface area contributed by atoms with Crippen molar-refractivity contribution in [3.8, 4) is 67.5 Å². The number of carbonyl (C=O) groups is 1. The van der Waals surface area contributed by atoms with Crippen LogP contribution in [0.15, 0.2) is 128 Å². The Bertz CT molecular complexity index is 4120. The highest BCUT2D eigenvalue weighted by Gasteiger charge is 2.64. The van der Waals surface area contributed by atoms with E-state index in [0.717, 1.165) is 122 Å². The molecule has 0 radical (unpaired) electrons. The number of rotatable bonds is 12. The summed E-state index contributed by atoms with van der Waals surface area (Å²) in [6.45, 7) is 7.31. The number of benzene rings is 4. The largest absolute Gasteiger partial charge is 0.508 e. The molecule has 6 heterocycles. The number of carboxylic acid groups (broad SMARTS) is 1. The van der Waals surface area contributed by atoms with E-state index in [2.05, 4.69) is 64.9 Å². The molecular weight excluding hydrogens is 1060 g/mol. The summed E-state index contributed by atoms with van der Waals surface area (Å²) in [6.07, 6.45) is 16.4. The Balaban J connectivity index is 0.786. The van der Waals surface area contributed by atoms with E-state index in [-0.39, 0.29) is 59.2 Å². The molecule has 14 heteroatoms. The van der Waals surface area contributed by atoms with Crippen LogP contribution in [0, 0.1) is 46.3 Å². The number of aromatic nitrogens is 7. The Morgan fingerprint density at radius 3 is 1.82 bits per heavy atom. The van der Waals surface area contributed by atoms with E-state index in [1.807, 2.05) is 78.9 Å². The molecule has 8 bridgehead atoms. The second-order valence-electron chi connectivity index (χ2n) is 25.7. The number of aliphatic hydroxyl groups excluding tert-OH is 1. The van der Waals surface area contributed by atoms with Crippen LogP contribution in [0.3, 0.4) is 0 Å². The number of H-pyrrole nitrogens is 2. The fourth-order valence-electron chi connectivity index (χ4n) is 17.1. The molecule has 6 aliphatic rings. The van der Waals surface area contributed by atoms with Crippen LogP contribution in [-0.2, 0) is 24.2 Å². The van der Waals surface area contributed by atoms with Gasteiger partial charge in [-0.1, -0.05) is 74.5 Å². The zero-order valence-corrected chi connectivity index (χ0v) is 48.4. The molecule has 0 amide bonds. The number of nitrogens with zero attached hydrogens (tertiary/aromatic N) is 5. The van der Waals surface area contributed by atoms with Gasteiger partial charge in [-0.25, -0.2) is 9.67 Å². The minimum atomic E-state index is -0.734. The summed E-state index contributed by atoms with van der Waals surface area (Å²) in [7, 11) is 0. The minimum absolute atomic E-state index is 0.131. The van der Waals surface area contributed by atoms with Crippen molar-refractivity contribution in [3.05, 3.63) is 156 Å². The van der Waals surface area contributed by atoms with Gasteiger partial charge in [-0.3, -0.25) is 9.78 Å². The van der Waals surface area contributed by atoms with Crippen LogP contribution in [-0.4, -0.2) is 72.5 Å². The van der Waals surface area contributed by atoms with Crippen LogP contribution in [0.4, 0.5) is 0 Å². The summed E-state index contributed by atoms with van der Waals surface area (Å²) in [5.74, 6) is 3.06. The average Bonchev–Trinajstić information content (AvgIpc) is 3.14. The highest BCUT2D eigenvalue weighted by atomic mass is 16.5. The summed E-state index contributed by atoms with van der Waals surface area (Å²) in [4.78, 5) is 29.9. The molecule has 0 unspecified atom stereocenters. The van der Waals surface area contributed by atoms with E-state index >= 15 is 0 Å². The van der Waals surface area contributed by atoms with Gasteiger partial charge in [0.05, 0.1) is 41.1 Å². The van der Waals surface area contributed by atoms with Gasteiger partial charge in [0.2, 0.25) is 0 Å². The van der Waals surface area contributed by atoms with Gasteiger partial charge in [0.25, 0.3) is 0 Å². The smallest absolute Gasteiger partial charge is 0.303 e. The highest BCUT2D eigenvalue weighted by molar-refractivity contribution is 5.97. The normalized spacial score (nSPS) is 25.4. The third-order valence-corrected chi connectivity index (χ3v) is 21.2. The highest BCUT2D eigenvalue weighted by Crippen LogP contribution is 2.69. The first-order valence-corrected chi connectivity index (χ1v) is 30.6. The van der Waals surface area contributed by atoms with Crippen LogP contribution in [0.5, 0.6) is 23.0 Å². The first kappa shape index (κ1) is 54.4. The van der Waals surface area contributed by atoms with Crippen molar-refractivity contribution in [3.63, 3.8) is 0 Å². The van der Waals surface area contributed by atoms with E-state index in [0.29, 0.717) is 66.0 Å². The van der Waals surface area contributed by atoms with Crippen molar-refractivity contribution in [1.82, 2.24) is 34.9 Å². The molecule has 4 aromatic carbocycles. The summed E-state index contributed by atoms with van der Waals surface area (Å²) in [5.41, 5.74) is 13.6. The summed E-state index contributed by atoms with van der Waals surface area (Å²) in [6, 6.07) is 38.2. The molecule has 10 atom stereocenters. The molecule has 14 rings (SSSR count). The predicted molar refractivity (Wildman–Crippen MR) is 330 cm³/mol. The molecule has 4 saturated carbocycles. The molecule has 4 aliphatic carbocycles. The number of aromatic amines is 2. The number of carboxylic acids is 1. The number of ether oxygens (including phenoxy) is 1. The molecular formula is C71H73N7O7. The number of aryl methyl sites for hydroxylation is 2. The lowest BCUT2D eigenvalue weighted by atomic mass is 9.43. The molecule has 8 aromatic rings. The standard InChI is InChI=1S/C71H73N7O7/c1-40(16-29-65(83)84)53-19-20-54-52-18-17-45-36-47(30-31-70(45,2)55(52)37-64(82)71(53,54)3)78-38-46(76-77-78)39-85-51-15-7-11-44(35-51)69-62-27-25-60(74-62)67(42-9-5-13-49(80)33-42)58-23-21-56(72-58)66(41-8-4-12-48(79)32-41)57-22-24-59(73-57)68(61-26-28-63(69)75-61)43-10-6-14-50(81)34-43/h4-15,21,23,25-28,32-35,38,40,45,47,52-55,64,72,75,79-82H,16-20,22,24,29-31,36-37,39H2,1-3H3,(H,83,84)/t40-,45-,47+,52+,53-,54+,55+,64+,70+,71-/m1/s1. The lowest BCUT2D eigenvalue weighted by Gasteiger charge is -2.62. The maximum Gasteiger partial charge on any atom is 0.303 e. The van der Waals surface area contributed by atoms with Crippen molar-refractivity contribution >= 4 is 40.2 Å². The number of aromatic hydroxyl groups is 3. The van der Waals surface area contributed by atoms with Crippen LogP contribution < -0.4 is 4.74 Å². The minimum Gasteiger partial charge on any atom is -0.508 e. The second-order valence-corrected chi connectivity index (χ2v) is 25.7. The van der Waals surface area contributed by atoms with Gasteiger partial charge >= 0.3 is 5.97 Å². The lowest BCUT2D eigenvalue weighted by molar-refractivity contribution is -0.171. The molecule has 0 saturated heterocycles. The maximum atomic E-state index is 12.1. The Labute approximate surface area is 494 Å². The number of aliphatic hydroxyl groups is 1. The van der Waals surface area contributed by atoms with Crippen LogP contribution in [0.2, 0.25) is 0 Å². The number of hydrogen-bond acceptors (Lipinski definition) is 10. The second kappa shape index (κ2) is 21.5.